The maximum absolute atomic E-state index is 4.56. The van der Waals surface area contributed by atoms with Gasteiger partial charge < -0.3 is 14.8 Å². The molecule has 3 rings (SSSR count). The first-order chi connectivity index (χ1) is 15.0. The summed E-state index contributed by atoms with van der Waals surface area (Å²) in [5, 5.41) is 13.4. The van der Waals surface area contributed by atoms with Crippen LogP contribution in [-0.2, 0) is 13.0 Å². The van der Waals surface area contributed by atoms with E-state index in [0.717, 1.165) is 56.0 Å². The summed E-state index contributed by atoms with van der Waals surface area (Å²) >= 11 is 1.67. The minimum atomic E-state index is 0. The van der Waals surface area contributed by atoms with E-state index in [9.17, 15) is 0 Å². The lowest BCUT2D eigenvalue weighted by Gasteiger charge is -2.39. The molecular formula is C24H39IN6S. The van der Waals surface area contributed by atoms with Gasteiger partial charge in [0.25, 0.3) is 0 Å². The van der Waals surface area contributed by atoms with Crippen molar-refractivity contribution in [2.24, 2.45) is 16.8 Å². The second-order valence-corrected chi connectivity index (χ2v) is 9.69. The fraction of sp³-hybridized carbons (Fsp3) is 0.625. The van der Waals surface area contributed by atoms with E-state index in [1.165, 1.54) is 12.0 Å². The number of likely N-dealkylation sites (tertiary alicyclic amines) is 1. The monoisotopic (exact) mass is 570 g/mol. The number of halogens is 1. The number of nitrogens with one attached hydrogen (secondary N) is 1. The summed E-state index contributed by atoms with van der Waals surface area (Å²) in [4.78, 5) is 6.97. The van der Waals surface area contributed by atoms with Crippen molar-refractivity contribution in [1.82, 2.24) is 25.0 Å². The Hall–Kier alpha value is -1.29. The van der Waals surface area contributed by atoms with Gasteiger partial charge in [0, 0.05) is 39.6 Å². The maximum atomic E-state index is 4.56. The molecule has 2 unspecified atom stereocenters. The third-order valence-electron chi connectivity index (χ3n) is 6.03. The van der Waals surface area contributed by atoms with Gasteiger partial charge in [0.1, 0.15) is 5.82 Å². The number of hydrogen-bond acceptors (Lipinski definition) is 4. The second-order valence-electron chi connectivity index (χ2n) is 8.91. The number of rotatable bonds is 8. The van der Waals surface area contributed by atoms with Crippen molar-refractivity contribution in [3.63, 3.8) is 0 Å². The Morgan fingerprint density at radius 2 is 2.00 bits per heavy atom. The SMILES string of the molecule is CN=C(NCCCc1nnc(SC)n1CC(C)C)N1CCC(c2ccccc2)C(C)C1.I. The molecule has 0 bridgehead atoms. The number of nitrogens with zero attached hydrogens (tertiary/aromatic N) is 5. The zero-order valence-corrected chi connectivity index (χ0v) is 23.3. The van der Waals surface area contributed by atoms with Gasteiger partial charge in [-0.2, -0.15) is 0 Å². The Kier molecular flexibility index (Phi) is 11.3. The Bertz CT molecular complexity index is 838. The van der Waals surface area contributed by atoms with Crippen LogP contribution in [0.3, 0.4) is 0 Å². The summed E-state index contributed by atoms with van der Waals surface area (Å²) in [5.74, 6) is 3.93. The van der Waals surface area contributed by atoms with Crippen LogP contribution in [0.15, 0.2) is 40.5 Å². The molecule has 6 nitrogen and oxygen atoms in total. The minimum absolute atomic E-state index is 0. The summed E-state index contributed by atoms with van der Waals surface area (Å²) in [5.41, 5.74) is 1.47. The standard InChI is InChI=1S/C24H38N6S.HI/c1-18(2)16-30-22(27-28-24(30)31-5)12-9-14-26-23(25-4)29-15-13-21(19(3)17-29)20-10-7-6-8-11-20;/h6-8,10-11,18-19,21H,9,12-17H2,1-5H3,(H,25,26);1H. The predicted molar refractivity (Wildman–Crippen MR) is 146 cm³/mol. The summed E-state index contributed by atoms with van der Waals surface area (Å²) in [7, 11) is 1.89. The number of aliphatic imine (C=N–C) groups is 1. The lowest BCUT2D eigenvalue weighted by atomic mass is 9.82. The summed E-state index contributed by atoms with van der Waals surface area (Å²) in [6.07, 6.45) is 5.18. The van der Waals surface area contributed by atoms with Crippen LogP contribution in [0, 0.1) is 11.8 Å². The van der Waals surface area contributed by atoms with Crippen LogP contribution in [0.5, 0.6) is 0 Å². The lowest BCUT2D eigenvalue weighted by Crippen LogP contribution is -2.48. The summed E-state index contributed by atoms with van der Waals surface area (Å²) in [6.45, 7) is 10.8. The third-order valence-corrected chi connectivity index (χ3v) is 6.70. The van der Waals surface area contributed by atoms with E-state index in [2.05, 4.69) is 87.3 Å². The molecule has 0 aliphatic carbocycles. The van der Waals surface area contributed by atoms with E-state index in [4.69, 9.17) is 0 Å². The van der Waals surface area contributed by atoms with Gasteiger partial charge in [0.15, 0.2) is 11.1 Å². The molecule has 1 aliphatic rings. The average molecular weight is 571 g/mol. The summed E-state index contributed by atoms with van der Waals surface area (Å²) < 4.78 is 2.28. The van der Waals surface area contributed by atoms with Gasteiger partial charge in [-0.1, -0.05) is 62.9 Å². The number of hydrogen-bond donors (Lipinski definition) is 1. The van der Waals surface area contributed by atoms with Gasteiger partial charge in [0.2, 0.25) is 0 Å². The van der Waals surface area contributed by atoms with Crippen molar-refractivity contribution in [3.05, 3.63) is 41.7 Å². The molecule has 0 spiro atoms. The molecule has 1 aliphatic heterocycles. The molecule has 32 heavy (non-hydrogen) atoms. The molecule has 8 heteroatoms. The topological polar surface area (TPSA) is 58.3 Å². The number of aryl methyl sites for hydroxylation is 1. The van der Waals surface area contributed by atoms with Gasteiger partial charge in [-0.05, 0) is 42.4 Å². The van der Waals surface area contributed by atoms with E-state index < -0.39 is 0 Å². The van der Waals surface area contributed by atoms with Crippen molar-refractivity contribution in [1.29, 1.82) is 0 Å². The molecule has 2 aromatic rings. The van der Waals surface area contributed by atoms with E-state index in [0.29, 0.717) is 17.8 Å². The quantitative estimate of drug-likeness (QED) is 0.161. The lowest BCUT2D eigenvalue weighted by molar-refractivity contribution is 0.234. The van der Waals surface area contributed by atoms with E-state index in [1.54, 1.807) is 11.8 Å². The highest BCUT2D eigenvalue weighted by Gasteiger charge is 2.28. The molecule has 0 radical (unpaired) electrons. The van der Waals surface area contributed by atoms with Crippen LogP contribution in [-0.4, -0.2) is 58.6 Å². The fourth-order valence-corrected chi connectivity index (χ4v) is 5.04. The van der Waals surface area contributed by atoms with Crippen molar-refractivity contribution in [2.75, 3.05) is 32.9 Å². The molecule has 1 aromatic carbocycles. The predicted octanol–water partition coefficient (Wildman–Crippen LogP) is 4.91. The highest BCUT2D eigenvalue weighted by atomic mass is 127. The number of thioether (sulfide) groups is 1. The zero-order valence-electron chi connectivity index (χ0n) is 20.1. The van der Waals surface area contributed by atoms with Crippen LogP contribution in [0.4, 0.5) is 0 Å². The van der Waals surface area contributed by atoms with Gasteiger partial charge in [-0.3, -0.25) is 4.99 Å². The zero-order chi connectivity index (χ0) is 22.2. The van der Waals surface area contributed by atoms with E-state index in [1.807, 2.05) is 7.05 Å². The first-order valence-corrected chi connectivity index (χ1v) is 12.7. The average Bonchev–Trinajstić information content (AvgIpc) is 3.15. The molecule has 2 atom stereocenters. The molecule has 1 fully saturated rings. The number of benzene rings is 1. The number of guanidine groups is 1. The van der Waals surface area contributed by atoms with Crippen molar-refractivity contribution in [2.45, 2.75) is 57.7 Å². The van der Waals surface area contributed by atoms with Crippen molar-refractivity contribution in [3.8, 4) is 0 Å². The molecule has 0 amide bonds. The number of piperidine rings is 1. The maximum Gasteiger partial charge on any atom is 0.193 e. The molecule has 1 aromatic heterocycles. The van der Waals surface area contributed by atoms with Crippen LogP contribution in [0.25, 0.3) is 0 Å². The molecule has 1 N–H and O–H groups in total. The van der Waals surface area contributed by atoms with Gasteiger partial charge in [-0.15, -0.1) is 34.2 Å². The fourth-order valence-electron chi connectivity index (χ4n) is 4.52. The Labute approximate surface area is 215 Å². The van der Waals surface area contributed by atoms with Crippen molar-refractivity contribution >= 4 is 41.7 Å². The van der Waals surface area contributed by atoms with Crippen LogP contribution in [0.1, 0.15) is 50.9 Å². The Morgan fingerprint density at radius 3 is 2.62 bits per heavy atom. The van der Waals surface area contributed by atoms with Crippen molar-refractivity contribution < 1.29 is 0 Å². The van der Waals surface area contributed by atoms with Crippen LogP contribution < -0.4 is 5.32 Å². The van der Waals surface area contributed by atoms with Gasteiger partial charge in [-0.25, -0.2) is 0 Å². The summed E-state index contributed by atoms with van der Waals surface area (Å²) in [6, 6.07) is 10.9. The highest BCUT2D eigenvalue weighted by Crippen LogP contribution is 2.32. The van der Waals surface area contributed by atoms with E-state index >= 15 is 0 Å². The first kappa shape index (κ1) is 27.0. The van der Waals surface area contributed by atoms with Crippen LogP contribution in [0.2, 0.25) is 0 Å². The Balaban J connectivity index is 0.00000363. The molecule has 0 saturated carbocycles. The van der Waals surface area contributed by atoms with Crippen LogP contribution >= 0.6 is 35.7 Å². The number of aromatic nitrogens is 3. The molecule has 178 valence electrons. The first-order valence-electron chi connectivity index (χ1n) is 11.5. The minimum Gasteiger partial charge on any atom is -0.356 e. The molecule has 1 saturated heterocycles. The molecule has 2 heterocycles. The largest absolute Gasteiger partial charge is 0.356 e. The molecular weight excluding hydrogens is 531 g/mol. The Morgan fingerprint density at radius 1 is 1.25 bits per heavy atom. The third kappa shape index (κ3) is 7.10. The van der Waals surface area contributed by atoms with E-state index in [-0.39, 0.29) is 24.0 Å². The normalized spacial score (nSPS) is 19.2. The second kappa shape index (κ2) is 13.4. The van der Waals surface area contributed by atoms with Gasteiger partial charge >= 0.3 is 0 Å². The smallest absolute Gasteiger partial charge is 0.193 e. The van der Waals surface area contributed by atoms with Gasteiger partial charge in [0.05, 0.1) is 0 Å². The highest BCUT2D eigenvalue weighted by molar-refractivity contribution is 14.0.